The number of hydrogen-bond acceptors (Lipinski definition) is 5. The molecule has 0 fully saturated rings. The molecule has 20 heavy (non-hydrogen) atoms. The van der Waals surface area contributed by atoms with E-state index in [1.807, 2.05) is 5.32 Å². The first kappa shape index (κ1) is 15.1. The van der Waals surface area contributed by atoms with Gasteiger partial charge in [0.15, 0.2) is 0 Å². The molecule has 0 atom stereocenters. The number of hydrogen-bond donors (Lipinski definition) is 2. The van der Waals surface area contributed by atoms with E-state index in [1.54, 1.807) is 0 Å². The van der Waals surface area contributed by atoms with Crippen molar-refractivity contribution in [3.63, 3.8) is 0 Å². The average molecular weight is 280 g/mol. The topological polar surface area (TPSA) is 123 Å². The van der Waals surface area contributed by atoms with Crippen molar-refractivity contribution in [2.75, 3.05) is 6.54 Å². The lowest BCUT2D eigenvalue weighted by Gasteiger charge is -2.06. The fourth-order valence-electron chi connectivity index (χ4n) is 1.28. The molecule has 0 saturated heterocycles. The summed E-state index contributed by atoms with van der Waals surface area (Å²) < 4.78 is 0.842. The Morgan fingerprint density at radius 1 is 1.45 bits per heavy atom. The molecule has 1 rings (SSSR count). The third-order valence-corrected chi connectivity index (χ3v) is 2.15. The van der Waals surface area contributed by atoms with Crippen LogP contribution in [-0.2, 0) is 11.3 Å². The van der Waals surface area contributed by atoms with Gasteiger partial charge in [-0.2, -0.15) is 0 Å². The van der Waals surface area contributed by atoms with Gasteiger partial charge in [-0.1, -0.05) is 6.08 Å². The van der Waals surface area contributed by atoms with Gasteiger partial charge >= 0.3 is 6.03 Å². The maximum Gasteiger partial charge on any atom is 0.321 e. The Hall–Kier alpha value is -2.97. The molecule has 9 heteroatoms. The van der Waals surface area contributed by atoms with Crippen LogP contribution < -0.4 is 16.2 Å². The number of imide groups is 1. The van der Waals surface area contributed by atoms with Gasteiger partial charge < -0.3 is 5.32 Å². The molecule has 9 nitrogen and oxygen atoms in total. The van der Waals surface area contributed by atoms with Crippen LogP contribution in [-0.4, -0.2) is 28.0 Å². The molecular weight excluding hydrogens is 268 g/mol. The van der Waals surface area contributed by atoms with Gasteiger partial charge in [0, 0.05) is 18.7 Å². The van der Waals surface area contributed by atoms with E-state index in [1.165, 1.54) is 6.08 Å². The fourth-order valence-corrected chi connectivity index (χ4v) is 1.28. The van der Waals surface area contributed by atoms with Crippen molar-refractivity contribution in [3.05, 3.63) is 51.5 Å². The number of urea groups is 1. The predicted molar refractivity (Wildman–Crippen MR) is 69.1 cm³/mol. The van der Waals surface area contributed by atoms with E-state index in [2.05, 4.69) is 11.9 Å². The molecule has 0 bridgehead atoms. The van der Waals surface area contributed by atoms with Crippen LogP contribution in [0, 0.1) is 10.1 Å². The molecule has 0 aliphatic heterocycles. The number of nitro groups is 1. The quantitative estimate of drug-likeness (QED) is 0.438. The summed E-state index contributed by atoms with van der Waals surface area (Å²) in [6.45, 7) is 3.06. The first-order chi connectivity index (χ1) is 9.43. The highest BCUT2D eigenvalue weighted by Gasteiger charge is 2.12. The predicted octanol–water partition coefficient (Wildman–Crippen LogP) is -0.232. The first-order valence-corrected chi connectivity index (χ1v) is 5.47. The van der Waals surface area contributed by atoms with E-state index >= 15 is 0 Å². The van der Waals surface area contributed by atoms with Gasteiger partial charge in [-0.25, -0.2) is 4.79 Å². The Morgan fingerprint density at radius 3 is 2.75 bits per heavy atom. The number of pyridine rings is 1. The number of rotatable bonds is 5. The van der Waals surface area contributed by atoms with Gasteiger partial charge in [0.2, 0.25) is 5.91 Å². The van der Waals surface area contributed by atoms with E-state index in [4.69, 9.17) is 0 Å². The van der Waals surface area contributed by atoms with Gasteiger partial charge in [0.05, 0.1) is 11.1 Å². The molecule has 1 heterocycles. The Balaban J connectivity index is 2.73. The zero-order valence-electron chi connectivity index (χ0n) is 10.4. The van der Waals surface area contributed by atoms with Gasteiger partial charge in [-0.3, -0.25) is 29.6 Å². The SMILES string of the molecule is C=CCNC(=O)NC(=O)Cn1cc([N+](=O)[O-])ccc1=O. The minimum Gasteiger partial charge on any atom is -0.334 e. The van der Waals surface area contributed by atoms with Gasteiger partial charge in [-0.05, 0) is 0 Å². The summed E-state index contributed by atoms with van der Waals surface area (Å²) in [5.41, 5.74) is -0.911. The molecule has 2 N–H and O–H groups in total. The highest BCUT2D eigenvalue weighted by molar-refractivity contribution is 5.94. The molecule has 1 aromatic heterocycles. The number of aromatic nitrogens is 1. The summed E-state index contributed by atoms with van der Waals surface area (Å²) >= 11 is 0. The number of carbonyl (C=O) groups excluding carboxylic acids is 2. The molecule has 0 spiro atoms. The highest BCUT2D eigenvalue weighted by Crippen LogP contribution is 2.05. The minimum absolute atomic E-state index is 0.176. The number of nitrogens with one attached hydrogen (secondary N) is 2. The van der Waals surface area contributed by atoms with Gasteiger partial charge in [-0.15, -0.1) is 6.58 Å². The Kier molecular flexibility index (Phi) is 5.15. The summed E-state index contributed by atoms with van der Waals surface area (Å²) in [7, 11) is 0. The summed E-state index contributed by atoms with van der Waals surface area (Å²) in [4.78, 5) is 44.0. The third kappa shape index (κ3) is 4.37. The van der Waals surface area contributed by atoms with E-state index in [9.17, 15) is 24.5 Å². The minimum atomic E-state index is -0.769. The molecule has 0 radical (unpaired) electrons. The summed E-state index contributed by atoms with van der Waals surface area (Å²) in [5.74, 6) is -0.769. The van der Waals surface area contributed by atoms with Crippen LogP contribution in [0.4, 0.5) is 10.5 Å². The average Bonchev–Trinajstić information content (AvgIpc) is 2.38. The zero-order valence-corrected chi connectivity index (χ0v) is 10.4. The molecule has 106 valence electrons. The van der Waals surface area contributed by atoms with Crippen molar-refractivity contribution in [3.8, 4) is 0 Å². The van der Waals surface area contributed by atoms with Crippen LogP contribution in [0.25, 0.3) is 0 Å². The second-order valence-corrected chi connectivity index (χ2v) is 3.66. The van der Waals surface area contributed by atoms with Gasteiger partial charge in [0.25, 0.3) is 11.2 Å². The number of amides is 3. The maximum atomic E-state index is 11.5. The van der Waals surface area contributed by atoms with Crippen molar-refractivity contribution < 1.29 is 14.5 Å². The fraction of sp³-hybridized carbons (Fsp3) is 0.182. The molecule has 1 aromatic rings. The highest BCUT2D eigenvalue weighted by atomic mass is 16.6. The van der Waals surface area contributed by atoms with E-state index < -0.39 is 29.0 Å². The molecular formula is C11H12N4O5. The lowest BCUT2D eigenvalue weighted by Crippen LogP contribution is -2.42. The smallest absolute Gasteiger partial charge is 0.321 e. The van der Waals surface area contributed by atoms with Crippen LogP contribution in [0.1, 0.15) is 0 Å². The van der Waals surface area contributed by atoms with E-state index in [-0.39, 0.29) is 12.2 Å². The number of carbonyl (C=O) groups is 2. The van der Waals surface area contributed by atoms with E-state index in [0.29, 0.717) is 0 Å². The largest absolute Gasteiger partial charge is 0.334 e. The number of nitrogens with zero attached hydrogens (tertiary/aromatic N) is 2. The monoisotopic (exact) mass is 280 g/mol. The lowest BCUT2D eigenvalue weighted by atomic mass is 10.4. The van der Waals surface area contributed by atoms with Crippen molar-refractivity contribution in [1.29, 1.82) is 0 Å². The molecule has 0 aromatic carbocycles. The molecule has 3 amide bonds. The normalized spacial score (nSPS) is 9.60. The third-order valence-electron chi connectivity index (χ3n) is 2.15. The van der Waals surface area contributed by atoms with Crippen molar-refractivity contribution in [1.82, 2.24) is 15.2 Å². The Labute approximate surface area is 113 Å². The maximum absolute atomic E-state index is 11.5. The first-order valence-electron chi connectivity index (χ1n) is 5.47. The summed E-state index contributed by atoms with van der Waals surface area (Å²) in [6, 6.07) is 1.27. The van der Waals surface area contributed by atoms with Gasteiger partial charge in [0.1, 0.15) is 6.54 Å². The molecule has 0 unspecified atom stereocenters. The van der Waals surface area contributed by atoms with Crippen molar-refractivity contribution >= 4 is 17.6 Å². The van der Waals surface area contributed by atoms with Crippen LogP contribution in [0.5, 0.6) is 0 Å². The standard InChI is InChI=1S/C11H12N4O5/c1-2-5-12-11(18)13-9(16)7-14-6-8(15(19)20)3-4-10(14)17/h2-4,6H,1,5,7H2,(H2,12,13,16,18). The van der Waals surface area contributed by atoms with E-state index in [0.717, 1.165) is 22.9 Å². The van der Waals surface area contributed by atoms with Crippen LogP contribution in [0.2, 0.25) is 0 Å². The molecule has 0 aliphatic carbocycles. The Bertz CT molecular complexity index is 607. The zero-order chi connectivity index (χ0) is 15.1. The van der Waals surface area contributed by atoms with Crippen LogP contribution >= 0.6 is 0 Å². The van der Waals surface area contributed by atoms with Crippen LogP contribution in [0.15, 0.2) is 35.8 Å². The Morgan fingerprint density at radius 2 is 2.15 bits per heavy atom. The molecule has 0 saturated carbocycles. The lowest BCUT2D eigenvalue weighted by molar-refractivity contribution is -0.385. The van der Waals surface area contributed by atoms with Crippen molar-refractivity contribution in [2.24, 2.45) is 0 Å². The second-order valence-electron chi connectivity index (χ2n) is 3.66. The van der Waals surface area contributed by atoms with Crippen molar-refractivity contribution in [2.45, 2.75) is 6.54 Å². The second kappa shape index (κ2) is 6.83. The van der Waals surface area contributed by atoms with Crippen LogP contribution in [0.3, 0.4) is 0 Å². The summed E-state index contributed by atoms with van der Waals surface area (Å²) in [5, 5.41) is 14.8. The summed E-state index contributed by atoms with van der Waals surface area (Å²) in [6.07, 6.45) is 2.36. The molecule has 0 aliphatic rings.